The second kappa shape index (κ2) is 4.39. The number of carbonyl (C=O) groups excluding carboxylic acids is 1. The molecule has 1 aliphatic rings. The summed E-state index contributed by atoms with van der Waals surface area (Å²) in [6.07, 6.45) is 1.76. The maximum Gasteiger partial charge on any atom is 0.244 e. The lowest BCUT2D eigenvalue weighted by Crippen LogP contribution is -2.42. The molecule has 15 heavy (non-hydrogen) atoms. The predicted octanol–water partition coefficient (Wildman–Crippen LogP) is -0.555. The molecule has 1 amide bonds. The van der Waals surface area contributed by atoms with Crippen LogP contribution in [-0.4, -0.2) is 52.1 Å². The number of hydrogen-bond acceptors (Lipinski definition) is 4. The summed E-state index contributed by atoms with van der Waals surface area (Å²) in [4.78, 5) is 13.6. The standard InChI is InChI=1S/C9H14N4O2/c1-8-6-13(11-10-8)7-9(14)12-2-4-15-5-3-12/h6H,2-5,7H2,1H3. The van der Waals surface area contributed by atoms with Crippen molar-refractivity contribution in [3.63, 3.8) is 0 Å². The quantitative estimate of drug-likeness (QED) is 0.657. The van der Waals surface area contributed by atoms with Crippen molar-refractivity contribution in [1.29, 1.82) is 0 Å². The van der Waals surface area contributed by atoms with Gasteiger partial charge in [0.2, 0.25) is 5.91 Å². The van der Waals surface area contributed by atoms with Crippen molar-refractivity contribution in [2.75, 3.05) is 26.3 Å². The van der Waals surface area contributed by atoms with Gasteiger partial charge in [-0.2, -0.15) is 0 Å². The summed E-state index contributed by atoms with van der Waals surface area (Å²) in [6, 6.07) is 0. The van der Waals surface area contributed by atoms with Crippen LogP contribution in [0.3, 0.4) is 0 Å². The fourth-order valence-corrected chi connectivity index (χ4v) is 1.52. The third-order valence-corrected chi connectivity index (χ3v) is 2.31. The maximum absolute atomic E-state index is 11.8. The Labute approximate surface area is 87.8 Å². The van der Waals surface area contributed by atoms with Crippen LogP contribution in [0.2, 0.25) is 0 Å². The number of morpholine rings is 1. The van der Waals surface area contributed by atoms with Gasteiger partial charge in [0.1, 0.15) is 6.54 Å². The molecule has 0 saturated carbocycles. The van der Waals surface area contributed by atoms with Crippen LogP contribution >= 0.6 is 0 Å². The van der Waals surface area contributed by atoms with E-state index in [9.17, 15) is 4.79 Å². The monoisotopic (exact) mass is 210 g/mol. The molecule has 0 N–H and O–H groups in total. The summed E-state index contributed by atoms with van der Waals surface area (Å²) in [5.41, 5.74) is 0.824. The third-order valence-electron chi connectivity index (χ3n) is 2.31. The van der Waals surface area contributed by atoms with E-state index in [0.717, 1.165) is 5.69 Å². The van der Waals surface area contributed by atoms with Gasteiger partial charge in [0.25, 0.3) is 0 Å². The van der Waals surface area contributed by atoms with Gasteiger partial charge in [-0.1, -0.05) is 5.21 Å². The number of carbonyl (C=O) groups is 1. The van der Waals surface area contributed by atoms with Gasteiger partial charge in [0.15, 0.2) is 0 Å². The van der Waals surface area contributed by atoms with E-state index in [0.29, 0.717) is 26.3 Å². The van der Waals surface area contributed by atoms with E-state index < -0.39 is 0 Å². The summed E-state index contributed by atoms with van der Waals surface area (Å²) in [5, 5.41) is 7.67. The molecule has 6 nitrogen and oxygen atoms in total. The van der Waals surface area contributed by atoms with Crippen LogP contribution in [0, 0.1) is 6.92 Å². The van der Waals surface area contributed by atoms with Crippen LogP contribution in [0.15, 0.2) is 6.20 Å². The molecule has 0 radical (unpaired) electrons. The zero-order valence-corrected chi connectivity index (χ0v) is 8.72. The fraction of sp³-hybridized carbons (Fsp3) is 0.667. The Morgan fingerprint density at radius 2 is 2.27 bits per heavy atom. The Kier molecular flexibility index (Phi) is 2.96. The van der Waals surface area contributed by atoms with E-state index in [-0.39, 0.29) is 12.5 Å². The molecule has 6 heteroatoms. The summed E-state index contributed by atoms with van der Waals surface area (Å²) >= 11 is 0. The summed E-state index contributed by atoms with van der Waals surface area (Å²) in [7, 11) is 0. The Morgan fingerprint density at radius 1 is 1.53 bits per heavy atom. The van der Waals surface area contributed by atoms with Crippen molar-refractivity contribution in [3.8, 4) is 0 Å². The molecule has 0 aromatic carbocycles. The van der Waals surface area contributed by atoms with Crippen LogP contribution in [-0.2, 0) is 16.1 Å². The first-order valence-corrected chi connectivity index (χ1v) is 4.98. The van der Waals surface area contributed by atoms with Gasteiger partial charge in [-0.3, -0.25) is 4.79 Å². The highest BCUT2D eigenvalue weighted by Gasteiger charge is 2.17. The van der Waals surface area contributed by atoms with E-state index in [1.165, 1.54) is 0 Å². The number of aryl methyl sites for hydroxylation is 1. The summed E-state index contributed by atoms with van der Waals surface area (Å²) in [5.74, 6) is 0.0724. The van der Waals surface area contributed by atoms with E-state index >= 15 is 0 Å². The van der Waals surface area contributed by atoms with Crippen LogP contribution in [0.4, 0.5) is 0 Å². The molecule has 2 rings (SSSR count). The molecule has 1 fully saturated rings. The largest absolute Gasteiger partial charge is 0.378 e. The topological polar surface area (TPSA) is 60.2 Å². The van der Waals surface area contributed by atoms with Gasteiger partial charge in [0, 0.05) is 19.3 Å². The summed E-state index contributed by atoms with van der Waals surface area (Å²) < 4.78 is 6.74. The van der Waals surface area contributed by atoms with Crippen LogP contribution in [0.25, 0.3) is 0 Å². The zero-order valence-electron chi connectivity index (χ0n) is 8.72. The van der Waals surface area contributed by atoms with Crippen molar-refractivity contribution in [1.82, 2.24) is 19.9 Å². The minimum absolute atomic E-state index is 0.0724. The van der Waals surface area contributed by atoms with Crippen LogP contribution in [0.5, 0.6) is 0 Å². The second-order valence-electron chi connectivity index (χ2n) is 3.55. The molecule has 0 unspecified atom stereocenters. The van der Waals surface area contributed by atoms with Gasteiger partial charge >= 0.3 is 0 Å². The number of nitrogens with zero attached hydrogens (tertiary/aromatic N) is 4. The number of aromatic nitrogens is 3. The van der Waals surface area contributed by atoms with Gasteiger partial charge in [-0.15, -0.1) is 5.10 Å². The van der Waals surface area contributed by atoms with E-state index in [1.54, 1.807) is 15.8 Å². The molecule has 1 aliphatic heterocycles. The Balaban J connectivity index is 1.91. The number of ether oxygens (including phenoxy) is 1. The van der Waals surface area contributed by atoms with Crippen molar-refractivity contribution in [2.45, 2.75) is 13.5 Å². The van der Waals surface area contributed by atoms with E-state index in [2.05, 4.69) is 10.3 Å². The van der Waals surface area contributed by atoms with E-state index in [1.807, 2.05) is 6.92 Å². The molecular formula is C9H14N4O2. The van der Waals surface area contributed by atoms with E-state index in [4.69, 9.17) is 4.74 Å². The van der Waals surface area contributed by atoms with Crippen molar-refractivity contribution in [2.24, 2.45) is 0 Å². The molecule has 1 saturated heterocycles. The Hall–Kier alpha value is -1.43. The number of hydrogen-bond donors (Lipinski definition) is 0. The SMILES string of the molecule is Cc1cn(CC(=O)N2CCOCC2)nn1. The van der Waals surface area contributed by atoms with Crippen molar-refractivity contribution < 1.29 is 9.53 Å². The lowest BCUT2D eigenvalue weighted by Gasteiger charge is -2.26. The zero-order chi connectivity index (χ0) is 10.7. The molecule has 2 heterocycles. The fourth-order valence-electron chi connectivity index (χ4n) is 1.52. The number of rotatable bonds is 2. The highest BCUT2D eigenvalue weighted by atomic mass is 16.5. The average molecular weight is 210 g/mol. The third kappa shape index (κ3) is 2.53. The lowest BCUT2D eigenvalue weighted by molar-refractivity contribution is -0.136. The predicted molar refractivity (Wildman–Crippen MR) is 52.2 cm³/mol. The van der Waals surface area contributed by atoms with Crippen molar-refractivity contribution >= 4 is 5.91 Å². The summed E-state index contributed by atoms with van der Waals surface area (Å²) in [6.45, 7) is 4.72. The normalized spacial score (nSPS) is 16.7. The molecule has 0 atom stereocenters. The second-order valence-corrected chi connectivity index (χ2v) is 3.55. The molecule has 1 aromatic rings. The number of amides is 1. The minimum atomic E-state index is 0.0724. The highest BCUT2D eigenvalue weighted by Crippen LogP contribution is 1.99. The van der Waals surface area contributed by atoms with Crippen molar-refractivity contribution in [3.05, 3.63) is 11.9 Å². The molecule has 0 bridgehead atoms. The first kappa shape index (κ1) is 10.1. The van der Waals surface area contributed by atoms with Gasteiger partial charge in [-0.25, -0.2) is 4.68 Å². The van der Waals surface area contributed by atoms with Crippen LogP contribution < -0.4 is 0 Å². The average Bonchev–Trinajstić information content (AvgIpc) is 2.65. The smallest absolute Gasteiger partial charge is 0.244 e. The first-order chi connectivity index (χ1) is 7.25. The molecule has 1 aromatic heterocycles. The van der Waals surface area contributed by atoms with Gasteiger partial charge in [0.05, 0.1) is 18.9 Å². The Bertz CT molecular complexity index is 344. The van der Waals surface area contributed by atoms with Gasteiger partial charge in [-0.05, 0) is 6.92 Å². The molecular weight excluding hydrogens is 196 g/mol. The maximum atomic E-state index is 11.8. The highest BCUT2D eigenvalue weighted by molar-refractivity contribution is 5.75. The lowest BCUT2D eigenvalue weighted by atomic mass is 10.4. The van der Waals surface area contributed by atoms with Gasteiger partial charge < -0.3 is 9.64 Å². The van der Waals surface area contributed by atoms with Crippen LogP contribution in [0.1, 0.15) is 5.69 Å². The molecule has 82 valence electrons. The molecule has 0 aliphatic carbocycles. The Morgan fingerprint density at radius 3 is 2.87 bits per heavy atom. The first-order valence-electron chi connectivity index (χ1n) is 4.98. The molecule has 0 spiro atoms. The minimum Gasteiger partial charge on any atom is -0.378 e.